The van der Waals surface area contributed by atoms with E-state index in [9.17, 15) is 19.2 Å². The highest BCUT2D eigenvalue weighted by molar-refractivity contribution is 6.90. The molecule has 8 nitrogen and oxygen atoms in total. The van der Waals surface area contributed by atoms with Gasteiger partial charge in [-0.25, -0.2) is 19.2 Å². The van der Waals surface area contributed by atoms with Crippen LogP contribution in [0.15, 0.2) is 171 Å². The van der Waals surface area contributed by atoms with E-state index >= 15 is 0 Å². The molecule has 0 saturated carbocycles. The van der Waals surface area contributed by atoms with Gasteiger partial charge in [0.15, 0.2) is 0 Å². The summed E-state index contributed by atoms with van der Waals surface area (Å²) in [6.07, 6.45) is 3.87. The van der Waals surface area contributed by atoms with Crippen LogP contribution in [0.25, 0.3) is 11.1 Å². The second-order valence-electron chi connectivity index (χ2n) is 17.5. The Bertz CT molecular complexity index is 2510. The molecule has 0 N–H and O–H groups in total. The van der Waals surface area contributed by atoms with E-state index in [0.29, 0.717) is 35.8 Å². The molecule has 0 spiro atoms. The third-order valence-electron chi connectivity index (χ3n) is 12.5. The fourth-order valence-corrected chi connectivity index (χ4v) is 13.6. The molecule has 65 heavy (non-hydrogen) atoms. The van der Waals surface area contributed by atoms with E-state index < -0.39 is 45.4 Å². The summed E-state index contributed by atoms with van der Waals surface area (Å²) in [5.41, 5.74) is 6.65. The highest BCUT2D eigenvalue weighted by atomic mass is 28.3. The van der Waals surface area contributed by atoms with Gasteiger partial charge in [0, 0.05) is 12.2 Å². The summed E-state index contributed by atoms with van der Waals surface area (Å²) in [6.45, 7) is 16.6. The minimum Gasteiger partial charge on any atom is -0.463 e. The van der Waals surface area contributed by atoms with Crippen molar-refractivity contribution in [2.24, 2.45) is 0 Å². The summed E-state index contributed by atoms with van der Waals surface area (Å²) in [5, 5.41) is 2.40. The van der Waals surface area contributed by atoms with E-state index in [-0.39, 0.29) is 0 Å². The van der Waals surface area contributed by atoms with Crippen LogP contribution in [0.3, 0.4) is 0 Å². The number of benzene rings is 6. The monoisotopic (exact) mass is 898 g/mol. The molecule has 0 heterocycles. The maximum atomic E-state index is 13.4. The van der Waals surface area contributed by atoms with E-state index in [1.165, 1.54) is 22.5 Å². The molecule has 0 unspecified atom stereocenters. The summed E-state index contributed by atoms with van der Waals surface area (Å²) < 4.78 is 22.2. The van der Waals surface area contributed by atoms with Crippen LogP contribution in [0.2, 0.25) is 38.3 Å². The van der Waals surface area contributed by atoms with E-state index in [4.69, 9.17) is 18.9 Å². The first kappa shape index (κ1) is 46.1. The third-order valence-corrected chi connectivity index (χ3v) is 19.5. The molecule has 0 fully saturated rings. The lowest BCUT2D eigenvalue weighted by molar-refractivity contribution is -0.138. The number of esters is 4. The average molecular weight is 899 g/mol. The van der Waals surface area contributed by atoms with E-state index in [1.54, 1.807) is 0 Å². The van der Waals surface area contributed by atoms with Gasteiger partial charge in [-0.15, -0.1) is 0 Å². The summed E-state index contributed by atoms with van der Waals surface area (Å²) in [6, 6.07) is 49.4. The molecule has 7 rings (SSSR count). The molecular formula is C55H54O8Si2. The number of fused-ring (bicyclic) bond motifs is 3. The highest BCUT2D eigenvalue weighted by Gasteiger charge is 2.46. The fourth-order valence-electron chi connectivity index (χ4n) is 8.80. The number of carbonyl (C=O) groups excluding carboxylic acids is 4. The fraction of sp³-hybridized carbons (Fsp3) is 0.200. The SMILES string of the molecule is C=CC(=O)OCCC[Si](C)(C)c1ccc(C(=O)Oc2ccc(C3(c4ccc(OC(=O)c5ccc([Si](C)(C)CCCOC(=O)C=C)cc5)cc4)c4ccccc4-c4ccccc43)cc2)cc1. The topological polar surface area (TPSA) is 105 Å². The van der Waals surface area contributed by atoms with E-state index in [0.717, 1.165) is 58.3 Å². The maximum Gasteiger partial charge on any atom is 0.343 e. The Morgan fingerprint density at radius 2 is 0.846 bits per heavy atom. The minimum absolute atomic E-state index is 0.355. The lowest BCUT2D eigenvalue weighted by Crippen LogP contribution is -2.41. The molecule has 0 amide bonds. The van der Waals surface area contributed by atoms with Crippen molar-refractivity contribution >= 4 is 50.4 Å². The van der Waals surface area contributed by atoms with Crippen molar-refractivity contribution in [3.63, 3.8) is 0 Å². The molecule has 330 valence electrons. The summed E-state index contributed by atoms with van der Waals surface area (Å²) in [4.78, 5) is 49.7. The highest BCUT2D eigenvalue weighted by Crippen LogP contribution is 2.56. The van der Waals surface area contributed by atoms with Crippen LogP contribution in [0.5, 0.6) is 11.5 Å². The van der Waals surface area contributed by atoms with Gasteiger partial charge in [-0.2, -0.15) is 0 Å². The van der Waals surface area contributed by atoms with Crippen molar-refractivity contribution < 1.29 is 38.1 Å². The molecule has 10 heteroatoms. The molecule has 0 atom stereocenters. The Kier molecular flexibility index (Phi) is 14.1. The second-order valence-corrected chi connectivity index (χ2v) is 27.2. The van der Waals surface area contributed by atoms with Gasteiger partial charge in [-0.05, 0) is 94.8 Å². The normalized spacial score (nSPS) is 12.6. The zero-order valence-corrected chi connectivity index (χ0v) is 39.4. The first-order valence-electron chi connectivity index (χ1n) is 21.9. The molecule has 6 aromatic carbocycles. The largest absolute Gasteiger partial charge is 0.463 e. The first-order chi connectivity index (χ1) is 31.3. The Balaban J connectivity index is 1.08. The standard InChI is InChI=1S/C55H54O8Si2/c1-7-51(56)60-35-13-37-64(3,4)45-31-19-39(20-32-45)53(58)62-43-27-23-41(24-28-43)55(49-17-11-9-15-47(49)48-16-10-12-18-50(48)55)42-25-29-44(30-26-42)63-54(59)40-21-33-46(34-22-40)65(5,6)38-14-36-61-52(57)8-2/h7-12,15-34H,1-2,13-14,35-38H2,3-6H3. The van der Waals surface area contributed by atoms with Crippen molar-refractivity contribution in [2.75, 3.05) is 13.2 Å². The lowest BCUT2D eigenvalue weighted by Gasteiger charge is -2.34. The Morgan fingerprint density at radius 1 is 0.492 bits per heavy atom. The van der Waals surface area contributed by atoms with Gasteiger partial charge >= 0.3 is 23.9 Å². The van der Waals surface area contributed by atoms with Gasteiger partial charge in [-0.1, -0.05) is 159 Å². The summed E-state index contributed by atoms with van der Waals surface area (Å²) in [7, 11) is -3.68. The van der Waals surface area contributed by atoms with Crippen LogP contribution in [0, 0.1) is 0 Å². The Labute approximate surface area is 383 Å². The van der Waals surface area contributed by atoms with Crippen LogP contribution in [0.4, 0.5) is 0 Å². The molecule has 0 saturated heterocycles. The summed E-state index contributed by atoms with van der Waals surface area (Å²) >= 11 is 0. The van der Waals surface area contributed by atoms with Crippen LogP contribution in [-0.2, 0) is 24.5 Å². The van der Waals surface area contributed by atoms with Crippen LogP contribution in [-0.4, -0.2) is 53.2 Å². The van der Waals surface area contributed by atoms with Crippen LogP contribution >= 0.6 is 0 Å². The molecule has 0 bridgehead atoms. The van der Waals surface area contributed by atoms with Gasteiger partial charge < -0.3 is 18.9 Å². The molecule has 1 aliphatic carbocycles. The zero-order chi connectivity index (χ0) is 46.2. The number of rotatable bonds is 18. The van der Waals surface area contributed by atoms with Gasteiger partial charge in [0.25, 0.3) is 0 Å². The molecule has 0 aliphatic heterocycles. The molecule has 1 aliphatic rings. The third kappa shape index (κ3) is 10.1. The number of hydrogen-bond donors (Lipinski definition) is 0. The minimum atomic E-state index is -1.84. The van der Waals surface area contributed by atoms with Crippen molar-refractivity contribution in [3.05, 3.63) is 204 Å². The second kappa shape index (κ2) is 19.9. The van der Waals surface area contributed by atoms with Gasteiger partial charge in [0.2, 0.25) is 0 Å². The molecule has 0 radical (unpaired) electrons. The maximum absolute atomic E-state index is 13.4. The van der Waals surface area contributed by atoms with Crippen LogP contribution < -0.4 is 19.8 Å². The Morgan fingerprint density at radius 3 is 1.20 bits per heavy atom. The van der Waals surface area contributed by atoms with Crippen LogP contribution in [0.1, 0.15) is 55.8 Å². The Hall–Kier alpha value is -6.89. The predicted molar refractivity (Wildman–Crippen MR) is 262 cm³/mol. The first-order valence-corrected chi connectivity index (χ1v) is 28.3. The smallest absolute Gasteiger partial charge is 0.343 e. The summed E-state index contributed by atoms with van der Waals surface area (Å²) in [5.74, 6) is -0.867. The van der Waals surface area contributed by atoms with Crippen molar-refractivity contribution in [1.82, 2.24) is 0 Å². The van der Waals surface area contributed by atoms with Crippen molar-refractivity contribution in [1.29, 1.82) is 0 Å². The van der Waals surface area contributed by atoms with E-state index in [2.05, 4.69) is 87.9 Å². The molecule has 6 aromatic rings. The average Bonchev–Trinajstić information content (AvgIpc) is 3.63. The van der Waals surface area contributed by atoms with Gasteiger partial charge in [0.1, 0.15) is 11.5 Å². The van der Waals surface area contributed by atoms with E-state index in [1.807, 2.05) is 97.1 Å². The van der Waals surface area contributed by atoms with Crippen molar-refractivity contribution in [2.45, 2.75) is 56.5 Å². The van der Waals surface area contributed by atoms with Gasteiger partial charge in [0.05, 0.1) is 45.9 Å². The zero-order valence-electron chi connectivity index (χ0n) is 37.4. The number of hydrogen-bond acceptors (Lipinski definition) is 8. The molecular weight excluding hydrogens is 845 g/mol. The molecule has 0 aromatic heterocycles. The van der Waals surface area contributed by atoms with Gasteiger partial charge in [-0.3, -0.25) is 0 Å². The predicted octanol–water partition coefficient (Wildman–Crippen LogP) is 10.6. The number of carbonyl (C=O) groups is 4. The quantitative estimate of drug-likeness (QED) is 0.0276. The lowest BCUT2D eigenvalue weighted by atomic mass is 9.68. The van der Waals surface area contributed by atoms with Crippen molar-refractivity contribution in [3.8, 4) is 22.6 Å². The number of ether oxygens (including phenoxy) is 4.